The molecule has 2 rings (SSSR count). The van der Waals surface area contributed by atoms with Gasteiger partial charge in [0.25, 0.3) is 0 Å². The molecule has 2 aromatic rings. The highest BCUT2D eigenvalue weighted by atomic mass is 16.5. The number of carbonyl (C=O) groups excluding carboxylic acids is 2. The summed E-state index contributed by atoms with van der Waals surface area (Å²) in [5.74, 6) is -0.276. The first-order valence-electron chi connectivity index (χ1n) is 8.85. The van der Waals surface area contributed by atoms with Crippen molar-refractivity contribution in [3.63, 3.8) is 0 Å². The van der Waals surface area contributed by atoms with E-state index in [0.29, 0.717) is 23.4 Å². The molecule has 0 spiro atoms. The van der Waals surface area contributed by atoms with Crippen molar-refractivity contribution in [3.8, 4) is 6.07 Å². The van der Waals surface area contributed by atoms with Crippen LogP contribution in [0.15, 0.2) is 48.5 Å². The van der Waals surface area contributed by atoms with Gasteiger partial charge in [-0.3, -0.25) is 9.69 Å². The normalized spacial score (nSPS) is 11.2. The summed E-state index contributed by atoms with van der Waals surface area (Å²) >= 11 is 0. The number of nitriles is 1. The minimum absolute atomic E-state index is 0.115. The summed E-state index contributed by atoms with van der Waals surface area (Å²) in [6.45, 7) is 1.72. The Bertz CT molecular complexity index is 839. The molecular formula is C21H23N3O4. The number of methoxy groups -OCH3 is 1. The molecule has 0 aliphatic heterocycles. The zero-order valence-corrected chi connectivity index (χ0v) is 15.9. The molecule has 0 saturated carbocycles. The second kappa shape index (κ2) is 10.1. The number of ether oxygens (including phenoxy) is 1. The van der Waals surface area contributed by atoms with E-state index in [1.165, 1.54) is 12.0 Å². The molecule has 7 nitrogen and oxygen atoms in total. The summed E-state index contributed by atoms with van der Waals surface area (Å²) in [7, 11) is 1.35. The van der Waals surface area contributed by atoms with Gasteiger partial charge in [0.1, 0.15) is 0 Å². The van der Waals surface area contributed by atoms with Gasteiger partial charge in [-0.05, 0) is 55.3 Å². The lowest BCUT2D eigenvalue weighted by atomic mass is 10.1. The van der Waals surface area contributed by atoms with Crippen molar-refractivity contribution in [1.29, 1.82) is 5.26 Å². The largest absolute Gasteiger partial charge is 0.469 e. The summed E-state index contributed by atoms with van der Waals surface area (Å²) in [5, 5.41) is 21.4. The molecule has 1 unspecified atom stereocenters. The van der Waals surface area contributed by atoms with Gasteiger partial charge in [-0.2, -0.15) is 5.26 Å². The number of hydrogen-bond donors (Lipinski definition) is 2. The lowest BCUT2D eigenvalue weighted by Crippen LogP contribution is -2.39. The zero-order chi connectivity index (χ0) is 20.5. The molecular weight excluding hydrogens is 358 g/mol. The third-order valence-corrected chi connectivity index (χ3v) is 4.05. The molecule has 2 amide bonds. The molecule has 0 saturated heterocycles. The van der Waals surface area contributed by atoms with Gasteiger partial charge in [0, 0.05) is 17.8 Å². The predicted molar refractivity (Wildman–Crippen MR) is 106 cm³/mol. The van der Waals surface area contributed by atoms with Crippen molar-refractivity contribution >= 4 is 23.4 Å². The molecule has 0 bridgehead atoms. The number of aliphatic hydroxyl groups is 1. The number of nitrogens with one attached hydrogen (secondary N) is 1. The van der Waals surface area contributed by atoms with Crippen LogP contribution >= 0.6 is 0 Å². The highest BCUT2D eigenvalue weighted by Crippen LogP contribution is 2.19. The Labute approximate surface area is 164 Å². The zero-order valence-electron chi connectivity index (χ0n) is 15.9. The van der Waals surface area contributed by atoms with Crippen molar-refractivity contribution < 1.29 is 19.4 Å². The van der Waals surface area contributed by atoms with Crippen LogP contribution in [0.25, 0.3) is 0 Å². The number of benzene rings is 2. The molecule has 0 heterocycles. The van der Waals surface area contributed by atoms with Crippen molar-refractivity contribution in [1.82, 2.24) is 0 Å². The summed E-state index contributed by atoms with van der Waals surface area (Å²) in [6.07, 6.45) is 0.110. The Morgan fingerprint density at radius 2 is 1.82 bits per heavy atom. The number of hydrogen-bond acceptors (Lipinski definition) is 5. The third-order valence-electron chi connectivity index (χ3n) is 4.05. The van der Waals surface area contributed by atoms with E-state index in [1.807, 2.05) is 18.2 Å². The topological polar surface area (TPSA) is 103 Å². The fraction of sp³-hybridized carbons (Fsp3) is 0.286. The van der Waals surface area contributed by atoms with Gasteiger partial charge in [0.15, 0.2) is 0 Å². The number of anilines is 2. The maximum absolute atomic E-state index is 12.7. The van der Waals surface area contributed by atoms with Crippen LogP contribution in [-0.2, 0) is 16.0 Å². The average molecular weight is 381 g/mol. The molecule has 0 radical (unpaired) electrons. The minimum Gasteiger partial charge on any atom is -0.469 e. The Morgan fingerprint density at radius 3 is 2.36 bits per heavy atom. The molecule has 0 aliphatic rings. The molecule has 0 aromatic heterocycles. The Hall–Kier alpha value is -3.37. The van der Waals surface area contributed by atoms with E-state index >= 15 is 0 Å². The number of rotatable bonds is 7. The smallest absolute Gasteiger partial charge is 0.326 e. The number of aryl methyl sites for hydroxylation is 1. The lowest BCUT2D eigenvalue weighted by Gasteiger charge is -2.25. The Kier molecular flexibility index (Phi) is 7.55. The fourth-order valence-electron chi connectivity index (χ4n) is 2.58. The van der Waals surface area contributed by atoms with Crippen LogP contribution in [0.1, 0.15) is 24.5 Å². The van der Waals surface area contributed by atoms with E-state index < -0.39 is 12.1 Å². The monoisotopic (exact) mass is 381 g/mol. The van der Waals surface area contributed by atoms with Crippen LogP contribution in [0.2, 0.25) is 0 Å². The predicted octanol–water partition coefficient (Wildman–Crippen LogP) is 3.08. The van der Waals surface area contributed by atoms with Gasteiger partial charge in [-0.1, -0.05) is 12.1 Å². The molecule has 0 fully saturated rings. The number of urea groups is 1. The number of amides is 2. The summed E-state index contributed by atoms with van der Waals surface area (Å²) in [4.78, 5) is 25.4. The van der Waals surface area contributed by atoms with E-state index in [0.717, 1.165) is 5.56 Å². The van der Waals surface area contributed by atoms with Gasteiger partial charge in [-0.25, -0.2) is 4.79 Å². The van der Waals surface area contributed by atoms with E-state index in [2.05, 4.69) is 10.1 Å². The average Bonchev–Trinajstić information content (AvgIpc) is 2.71. The summed E-state index contributed by atoms with van der Waals surface area (Å²) in [6, 6.07) is 15.4. The fourth-order valence-corrected chi connectivity index (χ4v) is 2.58. The highest BCUT2D eigenvalue weighted by molar-refractivity contribution is 6.01. The van der Waals surface area contributed by atoms with E-state index in [9.17, 15) is 14.7 Å². The molecule has 7 heteroatoms. The SMILES string of the molecule is COC(=O)CCc1ccc(N(CC(C)O)C(=O)Nc2ccc(C#N)cc2)cc1. The standard InChI is InChI=1S/C21H23N3O4/c1-15(25)14-24(21(27)23-18-8-3-17(13-22)4-9-18)19-10-5-16(6-11-19)7-12-20(26)28-2/h3-6,8-11,15,25H,7,12,14H2,1-2H3,(H,23,27). The number of aliphatic hydroxyl groups excluding tert-OH is 1. The minimum atomic E-state index is -0.717. The third kappa shape index (κ3) is 6.11. The highest BCUT2D eigenvalue weighted by Gasteiger charge is 2.18. The van der Waals surface area contributed by atoms with Crippen LogP contribution < -0.4 is 10.2 Å². The number of esters is 1. The lowest BCUT2D eigenvalue weighted by molar-refractivity contribution is -0.140. The van der Waals surface area contributed by atoms with Crippen LogP contribution in [-0.4, -0.2) is 36.9 Å². The van der Waals surface area contributed by atoms with Gasteiger partial charge in [0.2, 0.25) is 0 Å². The van der Waals surface area contributed by atoms with Crippen molar-refractivity contribution in [2.75, 3.05) is 23.9 Å². The Morgan fingerprint density at radius 1 is 1.18 bits per heavy atom. The summed E-state index contributed by atoms with van der Waals surface area (Å²) in [5.41, 5.74) is 2.61. The maximum Gasteiger partial charge on any atom is 0.326 e. The van der Waals surface area contributed by atoms with E-state index in [4.69, 9.17) is 5.26 Å². The van der Waals surface area contributed by atoms with Gasteiger partial charge in [0.05, 0.1) is 31.4 Å². The van der Waals surface area contributed by atoms with Crippen LogP contribution in [0.5, 0.6) is 0 Å². The molecule has 2 aromatic carbocycles. The maximum atomic E-state index is 12.7. The van der Waals surface area contributed by atoms with Gasteiger partial charge < -0.3 is 15.2 Å². The van der Waals surface area contributed by atoms with E-state index in [1.54, 1.807) is 43.3 Å². The molecule has 2 N–H and O–H groups in total. The molecule has 1 atom stereocenters. The first-order valence-corrected chi connectivity index (χ1v) is 8.85. The Balaban J connectivity index is 2.12. The van der Waals surface area contributed by atoms with Crippen molar-refractivity contribution in [2.24, 2.45) is 0 Å². The second-order valence-electron chi connectivity index (χ2n) is 6.32. The van der Waals surface area contributed by atoms with Gasteiger partial charge in [-0.15, -0.1) is 0 Å². The van der Waals surface area contributed by atoms with Crippen LogP contribution in [0, 0.1) is 11.3 Å². The first-order chi connectivity index (χ1) is 13.4. The van der Waals surface area contributed by atoms with Crippen molar-refractivity contribution in [3.05, 3.63) is 59.7 Å². The van der Waals surface area contributed by atoms with Crippen LogP contribution in [0.3, 0.4) is 0 Å². The molecule has 0 aliphatic carbocycles. The molecule has 28 heavy (non-hydrogen) atoms. The summed E-state index contributed by atoms with van der Waals surface area (Å²) < 4.78 is 4.63. The van der Waals surface area contributed by atoms with Crippen LogP contribution in [0.4, 0.5) is 16.2 Å². The van der Waals surface area contributed by atoms with Gasteiger partial charge >= 0.3 is 12.0 Å². The van der Waals surface area contributed by atoms with E-state index in [-0.39, 0.29) is 18.9 Å². The van der Waals surface area contributed by atoms with Crippen molar-refractivity contribution in [2.45, 2.75) is 25.9 Å². The first kappa shape index (κ1) is 20.9. The second-order valence-corrected chi connectivity index (χ2v) is 6.32. The number of nitrogens with zero attached hydrogens (tertiary/aromatic N) is 2. The molecule has 146 valence electrons. The number of carbonyl (C=O) groups is 2. The quantitative estimate of drug-likeness (QED) is 0.718.